The van der Waals surface area contributed by atoms with Crippen molar-refractivity contribution in [3.05, 3.63) is 45.4 Å². The van der Waals surface area contributed by atoms with Crippen LogP contribution >= 0.6 is 22.7 Å². The van der Waals surface area contributed by atoms with Crippen molar-refractivity contribution in [2.45, 2.75) is 32.7 Å². The van der Waals surface area contributed by atoms with Crippen molar-refractivity contribution in [3.63, 3.8) is 0 Å². The van der Waals surface area contributed by atoms with E-state index >= 15 is 0 Å². The second-order valence-corrected chi connectivity index (χ2v) is 6.62. The number of aromatic nitrogens is 2. The average molecular weight is 305 g/mol. The first-order chi connectivity index (χ1) is 9.81. The van der Waals surface area contributed by atoms with Crippen molar-refractivity contribution >= 4 is 27.6 Å². The number of hydrogen-bond donors (Lipinski definition) is 1. The first-order valence-corrected chi connectivity index (χ1v) is 8.78. The lowest BCUT2D eigenvalue weighted by atomic mass is 10.1. The molecule has 0 bridgehead atoms. The highest BCUT2D eigenvalue weighted by atomic mass is 32.1. The summed E-state index contributed by atoms with van der Waals surface area (Å²) in [6.45, 7) is 5.37. The number of rotatable bonds is 6. The third-order valence-electron chi connectivity index (χ3n) is 3.49. The van der Waals surface area contributed by atoms with E-state index in [0.717, 1.165) is 24.3 Å². The minimum atomic E-state index is 0.375. The number of thiophene rings is 1. The standard InChI is InChI=1S/C15H19N3S2/c1-3-11-5-7-19-14(11)13(16-4-2)9-12-10-18-6-8-20-15(18)17-12/h5-8,10,13,16H,3-4,9H2,1-2H3. The van der Waals surface area contributed by atoms with Crippen LogP contribution in [0, 0.1) is 0 Å². The highest BCUT2D eigenvalue weighted by Crippen LogP contribution is 2.28. The molecule has 20 heavy (non-hydrogen) atoms. The fourth-order valence-electron chi connectivity index (χ4n) is 2.53. The summed E-state index contributed by atoms with van der Waals surface area (Å²) >= 11 is 3.54. The lowest BCUT2D eigenvalue weighted by molar-refractivity contribution is 0.550. The second kappa shape index (κ2) is 6.08. The predicted octanol–water partition coefficient (Wildman–Crippen LogP) is 3.91. The summed E-state index contributed by atoms with van der Waals surface area (Å²) < 4.78 is 2.11. The van der Waals surface area contributed by atoms with Crippen LogP contribution in [0.4, 0.5) is 0 Å². The van der Waals surface area contributed by atoms with Crippen molar-refractivity contribution in [2.75, 3.05) is 6.54 Å². The van der Waals surface area contributed by atoms with Gasteiger partial charge < -0.3 is 5.32 Å². The van der Waals surface area contributed by atoms with Crippen LogP contribution in [-0.4, -0.2) is 15.9 Å². The monoisotopic (exact) mass is 305 g/mol. The molecule has 5 heteroatoms. The summed E-state index contributed by atoms with van der Waals surface area (Å²) in [5.74, 6) is 0. The molecular formula is C15H19N3S2. The van der Waals surface area contributed by atoms with Crippen molar-refractivity contribution in [1.29, 1.82) is 0 Å². The van der Waals surface area contributed by atoms with E-state index in [2.05, 4.69) is 52.8 Å². The van der Waals surface area contributed by atoms with E-state index < -0.39 is 0 Å². The van der Waals surface area contributed by atoms with Gasteiger partial charge in [-0.25, -0.2) is 4.98 Å². The Bertz CT molecular complexity index is 651. The van der Waals surface area contributed by atoms with Gasteiger partial charge in [0.2, 0.25) is 0 Å². The number of fused-ring (bicyclic) bond motifs is 1. The SMILES string of the molecule is CCNC(Cc1cn2ccsc2n1)c1sccc1CC. The molecule has 0 aliphatic rings. The molecule has 3 nitrogen and oxygen atoms in total. The van der Waals surface area contributed by atoms with Gasteiger partial charge >= 0.3 is 0 Å². The predicted molar refractivity (Wildman–Crippen MR) is 86.9 cm³/mol. The number of likely N-dealkylation sites (N-methyl/N-ethyl adjacent to an activating group) is 1. The molecule has 0 aliphatic heterocycles. The summed E-state index contributed by atoms with van der Waals surface area (Å²) in [7, 11) is 0. The van der Waals surface area contributed by atoms with Crippen molar-refractivity contribution < 1.29 is 0 Å². The molecule has 0 spiro atoms. The summed E-state index contributed by atoms with van der Waals surface area (Å²) in [4.78, 5) is 7.25. The van der Waals surface area contributed by atoms with Crippen LogP contribution in [0.5, 0.6) is 0 Å². The number of nitrogens with zero attached hydrogens (tertiary/aromatic N) is 2. The molecule has 106 valence electrons. The van der Waals surface area contributed by atoms with Crippen LogP contribution in [0.15, 0.2) is 29.2 Å². The maximum Gasteiger partial charge on any atom is 0.193 e. The molecule has 3 rings (SSSR count). The Morgan fingerprint density at radius 1 is 1.30 bits per heavy atom. The Morgan fingerprint density at radius 3 is 2.95 bits per heavy atom. The lowest BCUT2D eigenvalue weighted by Gasteiger charge is -2.17. The molecule has 3 aromatic rings. The minimum Gasteiger partial charge on any atom is -0.309 e. The molecule has 0 radical (unpaired) electrons. The van der Waals surface area contributed by atoms with Crippen LogP contribution in [0.1, 0.15) is 36.0 Å². The van der Waals surface area contributed by atoms with E-state index in [4.69, 9.17) is 4.98 Å². The van der Waals surface area contributed by atoms with Crippen molar-refractivity contribution in [1.82, 2.24) is 14.7 Å². The lowest BCUT2D eigenvalue weighted by Crippen LogP contribution is -2.23. The molecule has 0 amide bonds. The number of hydrogen-bond acceptors (Lipinski definition) is 4. The van der Waals surface area contributed by atoms with E-state index in [1.54, 1.807) is 11.3 Å². The van der Waals surface area contributed by atoms with Gasteiger partial charge in [-0.15, -0.1) is 22.7 Å². The number of imidazole rings is 1. The Morgan fingerprint density at radius 2 is 2.20 bits per heavy atom. The summed E-state index contributed by atoms with van der Waals surface area (Å²) in [6, 6.07) is 2.62. The normalized spacial score (nSPS) is 13.1. The van der Waals surface area contributed by atoms with Gasteiger partial charge in [-0.3, -0.25) is 4.40 Å². The van der Waals surface area contributed by atoms with Gasteiger partial charge in [-0.2, -0.15) is 0 Å². The first-order valence-electron chi connectivity index (χ1n) is 7.02. The quantitative estimate of drug-likeness (QED) is 0.748. The highest BCUT2D eigenvalue weighted by Gasteiger charge is 2.17. The molecule has 0 fully saturated rings. The maximum atomic E-state index is 4.71. The van der Waals surface area contributed by atoms with Gasteiger partial charge in [0.15, 0.2) is 4.96 Å². The number of aryl methyl sites for hydroxylation is 1. The topological polar surface area (TPSA) is 29.3 Å². The number of thiazole rings is 1. The van der Waals surface area contributed by atoms with E-state index in [1.165, 1.54) is 16.1 Å². The van der Waals surface area contributed by atoms with Gasteiger partial charge in [-0.1, -0.05) is 13.8 Å². The van der Waals surface area contributed by atoms with Gasteiger partial charge in [-0.05, 0) is 30.0 Å². The first kappa shape index (κ1) is 13.8. The van der Waals surface area contributed by atoms with Crippen LogP contribution in [0.3, 0.4) is 0 Å². The molecule has 1 atom stereocenters. The van der Waals surface area contributed by atoms with Gasteiger partial charge in [0.1, 0.15) is 0 Å². The third-order valence-corrected chi connectivity index (χ3v) is 5.33. The molecule has 1 unspecified atom stereocenters. The van der Waals surface area contributed by atoms with E-state index in [9.17, 15) is 0 Å². The Hall–Kier alpha value is -1.17. The molecule has 1 N–H and O–H groups in total. The molecule has 0 saturated heterocycles. The summed E-state index contributed by atoms with van der Waals surface area (Å²) in [5, 5.41) is 7.88. The highest BCUT2D eigenvalue weighted by molar-refractivity contribution is 7.15. The van der Waals surface area contributed by atoms with Gasteiger partial charge in [0, 0.05) is 35.1 Å². The van der Waals surface area contributed by atoms with Gasteiger partial charge in [0.25, 0.3) is 0 Å². The smallest absolute Gasteiger partial charge is 0.193 e. The Kier molecular flexibility index (Phi) is 4.19. The molecule has 0 saturated carbocycles. The van der Waals surface area contributed by atoms with Crippen LogP contribution in [-0.2, 0) is 12.8 Å². The largest absolute Gasteiger partial charge is 0.309 e. The fraction of sp³-hybridized carbons (Fsp3) is 0.400. The van der Waals surface area contributed by atoms with Crippen molar-refractivity contribution in [3.8, 4) is 0 Å². The summed E-state index contributed by atoms with van der Waals surface area (Å²) in [6.07, 6.45) is 6.27. The molecule has 3 aromatic heterocycles. The van der Waals surface area contributed by atoms with E-state index in [0.29, 0.717) is 6.04 Å². The maximum absolute atomic E-state index is 4.71. The zero-order chi connectivity index (χ0) is 13.9. The number of nitrogens with one attached hydrogen (secondary N) is 1. The van der Waals surface area contributed by atoms with Crippen LogP contribution in [0.25, 0.3) is 4.96 Å². The minimum absolute atomic E-state index is 0.375. The van der Waals surface area contributed by atoms with Crippen LogP contribution in [0.2, 0.25) is 0 Å². The van der Waals surface area contributed by atoms with E-state index in [1.807, 2.05) is 11.3 Å². The molecule has 0 aliphatic carbocycles. The second-order valence-electron chi connectivity index (χ2n) is 4.80. The van der Waals surface area contributed by atoms with Crippen molar-refractivity contribution in [2.24, 2.45) is 0 Å². The molecule has 0 aromatic carbocycles. The molecular weight excluding hydrogens is 286 g/mol. The average Bonchev–Trinajstić information content (AvgIpc) is 3.12. The van der Waals surface area contributed by atoms with Gasteiger partial charge in [0.05, 0.1) is 5.69 Å². The Balaban J connectivity index is 1.85. The Labute approximate surface area is 127 Å². The summed E-state index contributed by atoms with van der Waals surface area (Å²) in [5.41, 5.74) is 2.63. The van der Waals surface area contributed by atoms with E-state index in [-0.39, 0.29) is 0 Å². The molecule has 3 heterocycles. The zero-order valence-corrected chi connectivity index (χ0v) is 13.4. The van der Waals surface area contributed by atoms with Crippen LogP contribution < -0.4 is 5.32 Å². The fourth-order valence-corrected chi connectivity index (χ4v) is 4.33. The third kappa shape index (κ3) is 2.66. The zero-order valence-electron chi connectivity index (χ0n) is 11.8.